The third kappa shape index (κ3) is 1.97. The van der Waals surface area contributed by atoms with Gasteiger partial charge in [0.2, 0.25) is 0 Å². The zero-order valence-electron chi connectivity index (χ0n) is 7.98. The second-order valence-electron chi connectivity index (χ2n) is 4.43. The molecule has 0 heterocycles. The van der Waals surface area contributed by atoms with Crippen LogP contribution < -0.4 is 5.32 Å². The summed E-state index contributed by atoms with van der Waals surface area (Å²) in [5.41, 5.74) is -1.31. The lowest BCUT2D eigenvalue weighted by molar-refractivity contribution is -0.139. The Morgan fingerprint density at radius 3 is 2.25 bits per heavy atom. The quantitative estimate of drug-likeness (QED) is 0.646. The highest BCUT2D eigenvalue weighted by molar-refractivity contribution is 5.84. The van der Waals surface area contributed by atoms with Crippen LogP contribution in [0, 0.1) is 0 Å². The summed E-state index contributed by atoms with van der Waals surface area (Å²) in [6.45, 7) is 5.02. The predicted octanol–water partition coefficient (Wildman–Crippen LogP) is 0.816. The molecule has 3 nitrogen and oxygen atoms in total. The van der Waals surface area contributed by atoms with Crippen LogP contribution in [0.25, 0.3) is 0 Å². The van der Waals surface area contributed by atoms with Gasteiger partial charge in [0, 0.05) is 5.54 Å². The predicted molar refractivity (Wildman–Crippen MR) is 46.7 cm³/mol. The van der Waals surface area contributed by atoms with Crippen molar-refractivity contribution < 1.29 is 9.90 Å². The van der Waals surface area contributed by atoms with E-state index in [0.717, 1.165) is 12.8 Å². The van der Waals surface area contributed by atoms with Crippen LogP contribution in [-0.4, -0.2) is 22.2 Å². The van der Waals surface area contributed by atoms with E-state index in [1.807, 2.05) is 6.92 Å². The standard InChI is InChI=1S/C9H17NO2/c1-8(2,12)7(11)10-9(3)5-4-6-9/h12H,4-6H2,1-3H3,(H,10,11). The molecule has 0 atom stereocenters. The molecule has 0 bridgehead atoms. The largest absolute Gasteiger partial charge is 0.381 e. The summed E-state index contributed by atoms with van der Waals surface area (Å²) in [5, 5.41) is 12.2. The number of hydrogen-bond acceptors (Lipinski definition) is 2. The fourth-order valence-corrected chi connectivity index (χ4v) is 1.26. The number of hydrogen-bond donors (Lipinski definition) is 2. The van der Waals surface area contributed by atoms with Gasteiger partial charge >= 0.3 is 0 Å². The minimum Gasteiger partial charge on any atom is -0.381 e. The van der Waals surface area contributed by atoms with Crippen molar-refractivity contribution in [1.82, 2.24) is 5.32 Å². The van der Waals surface area contributed by atoms with Crippen LogP contribution in [0.3, 0.4) is 0 Å². The molecule has 0 saturated heterocycles. The maximum absolute atomic E-state index is 11.3. The van der Waals surface area contributed by atoms with Gasteiger partial charge in [-0.15, -0.1) is 0 Å². The van der Waals surface area contributed by atoms with Crippen molar-refractivity contribution in [3.05, 3.63) is 0 Å². The van der Waals surface area contributed by atoms with E-state index in [1.165, 1.54) is 20.3 Å². The number of rotatable bonds is 2. The van der Waals surface area contributed by atoms with E-state index in [1.54, 1.807) is 0 Å². The summed E-state index contributed by atoms with van der Waals surface area (Å²) in [4.78, 5) is 11.3. The van der Waals surface area contributed by atoms with E-state index in [9.17, 15) is 9.90 Å². The van der Waals surface area contributed by atoms with Crippen LogP contribution in [0.4, 0.5) is 0 Å². The molecule has 1 rings (SSSR count). The molecule has 3 heteroatoms. The summed E-state index contributed by atoms with van der Waals surface area (Å²) in [7, 11) is 0. The van der Waals surface area contributed by atoms with Gasteiger partial charge in [-0.25, -0.2) is 0 Å². The minimum absolute atomic E-state index is 0.0584. The zero-order valence-corrected chi connectivity index (χ0v) is 7.98. The fraction of sp³-hybridized carbons (Fsp3) is 0.889. The van der Waals surface area contributed by atoms with Gasteiger partial charge in [0.25, 0.3) is 5.91 Å². The average molecular weight is 171 g/mol. The first kappa shape index (κ1) is 9.52. The molecule has 0 aliphatic heterocycles. The van der Waals surface area contributed by atoms with E-state index in [4.69, 9.17) is 0 Å². The molecule has 0 aromatic carbocycles. The Morgan fingerprint density at radius 2 is 2.00 bits per heavy atom. The van der Waals surface area contributed by atoms with E-state index in [-0.39, 0.29) is 11.4 Å². The highest BCUT2D eigenvalue weighted by Crippen LogP contribution is 2.31. The molecule has 1 aliphatic carbocycles. The van der Waals surface area contributed by atoms with Crippen LogP contribution in [0.1, 0.15) is 40.0 Å². The third-order valence-electron chi connectivity index (χ3n) is 2.43. The topological polar surface area (TPSA) is 49.3 Å². The summed E-state index contributed by atoms with van der Waals surface area (Å²) < 4.78 is 0. The van der Waals surface area contributed by atoms with Gasteiger partial charge in [-0.3, -0.25) is 4.79 Å². The molecular formula is C9H17NO2. The molecule has 0 aromatic rings. The second kappa shape index (κ2) is 2.73. The Morgan fingerprint density at radius 1 is 1.50 bits per heavy atom. The molecule has 2 N–H and O–H groups in total. The molecule has 1 saturated carbocycles. The monoisotopic (exact) mass is 171 g/mol. The van der Waals surface area contributed by atoms with Crippen LogP contribution in [0.15, 0.2) is 0 Å². The minimum atomic E-state index is -1.25. The van der Waals surface area contributed by atoms with Crippen LogP contribution >= 0.6 is 0 Å². The Balaban J connectivity index is 2.46. The van der Waals surface area contributed by atoms with Gasteiger partial charge in [-0.1, -0.05) is 0 Å². The first-order chi connectivity index (χ1) is 5.33. The molecule has 1 fully saturated rings. The van der Waals surface area contributed by atoms with Gasteiger partial charge in [-0.05, 0) is 40.0 Å². The molecule has 12 heavy (non-hydrogen) atoms. The Labute approximate surface area is 73.2 Å². The lowest BCUT2D eigenvalue weighted by Crippen LogP contribution is -2.56. The maximum atomic E-state index is 11.3. The fourth-order valence-electron chi connectivity index (χ4n) is 1.26. The van der Waals surface area contributed by atoms with Crippen molar-refractivity contribution in [2.75, 3.05) is 0 Å². The van der Waals surface area contributed by atoms with Crippen molar-refractivity contribution in [2.45, 2.75) is 51.2 Å². The van der Waals surface area contributed by atoms with Crippen LogP contribution in [-0.2, 0) is 4.79 Å². The molecule has 1 amide bonds. The maximum Gasteiger partial charge on any atom is 0.251 e. The van der Waals surface area contributed by atoms with Gasteiger partial charge in [0.1, 0.15) is 5.60 Å². The lowest BCUT2D eigenvalue weighted by atomic mass is 9.78. The molecule has 0 radical (unpaired) electrons. The van der Waals surface area contributed by atoms with E-state index >= 15 is 0 Å². The lowest BCUT2D eigenvalue weighted by Gasteiger charge is -2.40. The molecule has 0 spiro atoms. The van der Waals surface area contributed by atoms with Crippen molar-refractivity contribution in [1.29, 1.82) is 0 Å². The summed E-state index contributed by atoms with van der Waals surface area (Å²) in [6, 6.07) is 0. The SMILES string of the molecule is CC1(NC(=O)C(C)(C)O)CCC1. The summed E-state index contributed by atoms with van der Waals surface area (Å²) in [6.07, 6.45) is 3.21. The molecule has 70 valence electrons. The number of carbonyl (C=O) groups excluding carboxylic acids is 1. The third-order valence-corrected chi connectivity index (χ3v) is 2.43. The molecular weight excluding hydrogens is 154 g/mol. The van der Waals surface area contributed by atoms with Crippen molar-refractivity contribution in [3.8, 4) is 0 Å². The molecule has 0 aromatic heterocycles. The zero-order chi connectivity index (χ0) is 9.41. The Kier molecular flexibility index (Phi) is 2.17. The van der Waals surface area contributed by atoms with Crippen molar-refractivity contribution in [2.24, 2.45) is 0 Å². The molecule has 0 unspecified atom stereocenters. The van der Waals surface area contributed by atoms with Gasteiger partial charge in [-0.2, -0.15) is 0 Å². The highest BCUT2D eigenvalue weighted by atomic mass is 16.3. The highest BCUT2D eigenvalue weighted by Gasteiger charge is 2.36. The normalized spacial score (nSPS) is 21.3. The van der Waals surface area contributed by atoms with Gasteiger partial charge in [0.15, 0.2) is 0 Å². The Hall–Kier alpha value is -0.570. The summed E-state index contributed by atoms with van der Waals surface area (Å²) in [5.74, 6) is -0.273. The number of nitrogens with one attached hydrogen (secondary N) is 1. The molecule has 1 aliphatic rings. The van der Waals surface area contributed by atoms with E-state index in [2.05, 4.69) is 5.32 Å². The van der Waals surface area contributed by atoms with E-state index in [0.29, 0.717) is 0 Å². The Bertz CT molecular complexity index is 189. The van der Waals surface area contributed by atoms with Gasteiger partial charge in [0.05, 0.1) is 0 Å². The second-order valence-corrected chi connectivity index (χ2v) is 4.43. The van der Waals surface area contributed by atoms with E-state index < -0.39 is 5.60 Å². The van der Waals surface area contributed by atoms with Crippen molar-refractivity contribution in [3.63, 3.8) is 0 Å². The van der Waals surface area contributed by atoms with Crippen LogP contribution in [0.2, 0.25) is 0 Å². The summed E-state index contributed by atoms with van der Waals surface area (Å²) >= 11 is 0. The number of carbonyl (C=O) groups is 1. The smallest absolute Gasteiger partial charge is 0.251 e. The number of aliphatic hydroxyl groups is 1. The first-order valence-corrected chi connectivity index (χ1v) is 4.38. The number of amides is 1. The van der Waals surface area contributed by atoms with Crippen molar-refractivity contribution >= 4 is 5.91 Å². The average Bonchev–Trinajstić information content (AvgIpc) is 1.82. The van der Waals surface area contributed by atoms with Gasteiger partial charge < -0.3 is 10.4 Å². The van der Waals surface area contributed by atoms with Crippen LogP contribution in [0.5, 0.6) is 0 Å². The first-order valence-electron chi connectivity index (χ1n) is 4.38.